The van der Waals surface area contributed by atoms with E-state index in [1.54, 1.807) is 31.4 Å². The average Bonchev–Trinajstić information content (AvgIpc) is 3.07. The van der Waals surface area contributed by atoms with Gasteiger partial charge in [0, 0.05) is 11.6 Å². The molecule has 0 aliphatic carbocycles. The molecule has 3 aromatic carbocycles. The molecule has 3 aromatic rings. The van der Waals surface area contributed by atoms with Crippen molar-refractivity contribution < 1.29 is 19.0 Å². The predicted molar refractivity (Wildman–Crippen MR) is 113 cm³/mol. The summed E-state index contributed by atoms with van der Waals surface area (Å²) in [5.41, 5.74) is 2.43. The van der Waals surface area contributed by atoms with E-state index < -0.39 is 0 Å². The van der Waals surface area contributed by atoms with Crippen LogP contribution in [0.15, 0.2) is 84.6 Å². The molecule has 0 amide bonds. The van der Waals surface area contributed by atoms with Gasteiger partial charge in [-0.1, -0.05) is 54.6 Å². The highest BCUT2D eigenvalue weighted by Crippen LogP contribution is 2.35. The lowest BCUT2D eigenvalue weighted by molar-refractivity contribution is 0.101. The van der Waals surface area contributed by atoms with Crippen LogP contribution in [-0.4, -0.2) is 19.5 Å². The highest BCUT2D eigenvalue weighted by molar-refractivity contribution is 6.14. The quantitative estimate of drug-likeness (QED) is 0.534. The average molecular weight is 384 g/mol. The molecular formula is C25H20O4. The van der Waals surface area contributed by atoms with Crippen molar-refractivity contribution in [3.05, 3.63) is 101 Å². The topological polar surface area (TPSA) is 44.8 Å². The Hall–Kier alpha value is -3.79. The Morgan fingerprint density at radius 3 is 2.59 bits per heavy atom. The van der Waals surface area contributed by atoms with Crippen LogP contribution in [0.4, 0.5) is 0 Å². The van der Waals surface area contributed by atoms with Crippen molar-refractivity contribution in [3.8, 4) is 17.2 Å². The number of rotatable bonds is 6. The summed E-state index contributed by atoms with van der Waals surface area (Å²) >= 11 is 0. The normalized spacial score (nSPS) is 14.1. The van der Waals surface area contributed by atoms with Gasteiger partial charge in [-0.25, -0.2) is 0 Å². The molecule has 0 radical (unpaired) electrons. The van der Waals surface area contributed by atoms with E-state index in [0.717, 1.165) is 11.1 Å². The number of ketones is 1. The van der Waals surface area contributed by atoms with E-state index in [1.165, 1.54) is 0 Å². The Kier molecular flexibility index (Phi) is 5.43. The maximum absolute atomic E-state index is 12.6. The van der Waals surface area contributed by atoms with Gasteiger partial charge in [0.1, 0.15) is 23.9 Å². The number of methoxy groups -OCH3 is 1. The third-order valence-electron chi connectivity index (χ3n) is 4.52. The zero-order valence-electron chi connectivity index (χ0n) is 16.0. The van der Waals surface area contributed by atoms with Crippen molar-refractivity contribution in [2.24, 2.45) is 0 Å². The van der Waals surface area contributed by atoms with E-state index in [9.17, 15) is 4.79 Å². The molecule has 4 rings (SSSR count). The van der Waals surface area contributed by atoms with Gasteiger partial charge < -0.3 is 14.2 Å². The van der Waals surface area contributed by atoms with Gasteiger partial charge >= 0.3 is 0 Å². The molecule has 0 atom stereocenters. The first-order valence-corrected chi connectivity index (χ1v) is 9.30. The minimum absolute atomic E-state index is 0.151. The standard InChI is InChI=1S/C25H20O4/c1-27-22-12-6-5-11-19(22)16-24-25(26)21-14-13-20(17-23(21)29-24)28-15-7-10-18-8-3-2-4-9-18/h2-14,16-17H,15H2,1H3/b10-7+,24-16-. The fourth-order valence-corrected chi connectivity index (χ4v) is 3.08. The Labute approximate surface area is 169 Å². The highest BCUT2D eigenvalue weighted by Gasteiger charge is 2.28. The van der Waals surface area contributed by atoms with Gasteiger partial charge in [-0.2, -0.15) is 0 Å². The first-order valence-electron chi connectivity index (χ1n) is 9.30. The Morgan fingerprint density at radius 1 is 0.966 bits per heavy atom. The number of para-hydroxylation sites is 1. The predicted octanol–water partition coefficient (Wildman–Crippen LogP) is 5.40. The van der Waals surface area contributed by atoms with Crippen LogP contribution in [0.3, 0.4) is 0 Å². The van der Waals surface area contributed by atoms with Gasteiger partial charge in [-0.3, -0.25) is 4.79 Å². The second kappa shape index (κ2) is 8.48. The number of carbonyl (C=O) groups excluding carboxylic acids is 1. The fourth-order valence-electron chi connectivity index (χ4n) is 3.08. The van der Waals surface area contributed by atoms with Crippen molar-refractivity contribution in [2.75, 3.05) is 13.7 Å². The summed E-state index contributed by atoms with van der Waals surface area (Å²) in [6.45, 7) is 0.422. The molecule has 4 heteroatoms. The summed E-state index contributed by atoms with van der Waals surface area (Å²) < 4.78 is 16.9. The number of carbonyl (C=O) groups is 1. The monoisotopic (exact) mass is 384 g/mol. The van der Waals surface area contributed by atoms with Crippen molar-refractivity contribution >= 4 is 17.9 Å². The largest absolute Gasteiger partial charge is 0.496 e. The second-order valence-electron chi connectivity index (χ2n) is 6.46. The van der Waals surface area contributed by atoms with Crippen LogP contribution in [0.1, 0.15) is 21.5 Å². The Morgan fingerprint density at radius 2 is 1.76 bits per heavy atom. The summed E-state index contributed by atoms with van der Waals surface area (Å²) in [6.07, 6.45) is 5.65. The molecule has 0 N–H and O–H groups in total. The number of fused-ring (bicyclic) bond motifs is 1. The highest BCUT2D eigenvalue weighted by atomic mass is 16.5. The van der Waals surface area contributed by atoms with Gasteiger partial charge in [-0.15, -0.1) is 0 Å². The first-order chi connectivity index (χ1) is 14.2. The van der Waals surface area contributed by atoms with E-state index in [2.05, 4.69) is 0 Å². The van der Waals surface area contributed by atoms with E-state index in [4.69, 9.17) is 14.2 Å². The van der Waals surface area contributed by atoms with E-state index >= 15 is 0 Å². The van der Waals surface area contributed by atoms with Gasteiger partial charge in [0.2, 0.25) is 5.78 Å². The smallest absolute Gasteiger partial charge is 0.231 e. The van der Waals surface area contributed by atoms with Crippen molar-refractivity contribution in [2.45, 2.75) is 0 Å². The van der Waals surface area contributed by atoms with Crippen LogP contribution in [0, 0.1) is 0 Å². The van der Waals surface area contributed by atoms with Crippen molar-refractivity contribution in [1.82, 2.24) is 0 Å². The van der Waals surface area contributed by atoms with Gasteiger partial charge in [0.05, 0.1) is 12.7 Å². The first kappa shape index (κ1) is 18.6. The molecule has 0 aromatic heterocycles. The Balaban J connectivity index is 1.46. The van der Waals surface area contributed by atoms with Crippen LogP contribution in [-0.2, 0) is 0 Å². The summed E-state index contributed by atoms with van der Waals surface area (Å²) in [6, 6.07) is 22.8. The lowest BCUT2D eigenvalue weighted by atomic mass is 10.1. The SMILES string of the molecule is COc1ccccc1/C=C1\Oc2cc(OC/C=C/c3ccccc3)ccc2C1=O. The second-order valence-corrected chi connectivity index (χ2v) is 6.46. The van der Waals surface area contributed by atoms with Crippen LogP contribution in [0.25, 0.3) is 12.2 Å². The number of ether oxygens (including phenoxy) is 3. The van der Waals surface area contributed by atoms with E-state index in [0.29, 0.717) is 29.4 Å². The van der Waals surface area contributed by atoms with Crippen LogP contribution in [0.5, 0.6) is 17.2 Å². The molecule has 1 aliphatic heterocycles. The number of allylic oxidation sites excluding steroid dienone is 1. The number of hydrogen-bond donors (Lipinski definition) is 0. The third kappa shape index (κ3) is 4.22. The van der Waals surface area contributed by atoms with Crippen molar-refractivity contribution in [1.29, 1.82) is 0 Å². The lowest BCUT2D eigenvalue weighted by Gasteiger charge is -2.05. The van der Waals surface area contributed by atoms with Gasteiger partial charge in [-0.05, 0) is 35.9 Å². The summed E-state index contributed by atoms with van der Waals surface area (Å²) in [4.78, 5) is 12.6. The summed E-state index contributed by atoms with van der Waals surface area (Å²) in [5.74, 6) is 1.95. The fraction of sp³-hybridized carbons (Fsp3) is 0.0800. The zero-order chi connectivity index (χ0) is 20.1. The molecule has 144 valence electrons. The maximum atomic E-state index is 12.6. The van der Waals surface area contributed by atoms with Gasteiger partial charge in [0.25, 0.3) is 0 Å². The van der Waals surface area contributed by atoms with E-state index in [1.807, 2.05) is 66.7 Å². The molecule has 29 heavy (non-hydrogen) atoms. The van der Waals surface area contributed by atoms with Crippen LogP contribution >= 0.6 is 0 Å². The van der Waals surface area contributed by atoms with Crippen molar-refractivity contribution in [3.63, 3.8) is 0 Å². The Bertz CT molecular complexity index is 1080. The third-order valence-corrected chi connectivity index (χ3v) is 4.52. The molecule has 1 heterocycles. The molecule has 0 spiro atoms. The summed E-state index contributed by atoms with van der Waals surface area (Å²) in [5, 5.41) is 0. The molecule has 0 bridgehead atoms. The molecule has 0 saturated heterocycles. The van der Waals surface area contributed by atoms with E-state index in [-0.39, 0.29) is 11.5 Å². The molecule has 1 aliphatic rings. The minimum Gasteiger partial charge on any atom is -0.496 e. The molecule has 0 unspecified atom stereocenters. The van der Waals surface area contributed by atoms with Gasteiger partial charge in [0.15, 0.2) is 5.76 Å². The zero-order valence-corrected chi connectivity index (χ0v) is 16.0. The lowest BCUT2D eigenvalue weighted by Crippen LogP contribution is -1.98. The maximum Gasteiger partial charge on any atom is 0.231 e. The number of hydrogen-bond acceptors (Lipinski definition) is 4. The van der Waals surface area contributed by atoms with Crippen LogP contribution < -0.4 is 14.2 Å². The molecule has 0 fully saturated rings. The number of benzene rings is 3. The number of Topliss-reactive ketones (excluding diaryl/α,β-unsaturated/α-hetero) is 1. The van der Waals surface area contributed by atoms with Crippen LogP contribution in [0.2, 0.25) is 0 Å². The minimum atomic E-state index is -0.151. The molecule has 4 nitrogen and oxygen atoms in total. The molecular weight excluding hydrogens is 364 g/mol. The summed E-state index contributed by atoms with van der Waals surface area (Å²) in [7, 11) is 1.60. The molecule has 0 saturated carbocycles.